The van der Waals surface area contributed by atoms with E-state index in [0.717, 1.165) is 11.7 Å². The Morgan fingerprint density at radius 3 is 2.83 bits per heavy atom. The Balaban J connectivity index is 1.64. The van der Waals surface area contributed by atoms with Crippen molar-refractivity contribution < 1.29 is 14.3 Å². The highest BCUT2D eigenvalue weighted by Crippen LogP contribution is 2.22. The van der Waals surface area contributed by atoms with Gasteiger partial charge in [-0.3, -0.25) is 4.79 Å². The second-order valence-electron chi connectivity index (χ2n) is 4.69. The van der Waals surface area contributed by atoms with Crippen LogP contribution in [0.4, 0.5) is 5.69 Å². The highest BCUT2D eigenvalue weighted by molar-refractivity contribution is 7.00. The summed E-state index contributed by atoms with van der Waals surface area (Å²) in [4.78, 5) is 24.0. The molecule has 0 saturated carbocycles. The van der Waals surface area contributed by atoms with Gasteiger partial charge in [-0.15, -0.1) is 0 Å². The molecule has 1 N–H and O–H groups in total. The van der Waals surface area contributed by atoms with Crippen LogP contribution < -0.4 is 5.32 Å². The fourth-order valence-electron chi connectivity index (χ4n) is 1.96. The van der Waals surface area contributed by atoms with E-state index in [4.69, 9.17) is 27.9 Å². The number of hydrogen-bond donors (Lipinski definition) is 1. The van der Waals surface area contributed by atoms with Gasteiger partial charge in [-0.05, 0) is 30.3 Å². The SMILES string of the molecule is O=C(COC(=O)c1cc(Cl)ccc1Cl)Nc1cccc2nsnc12. The molecule has 2 aromatic carbocycles. The maximum Gasteiger partial charge on any atom is 0.340 e. The third-order valence-electron chi connectivity index (χ3n) is 3.04. The van der Waals surface area contributed by atoms with Gasteiger partial charge in [0, 0.05) is 5.02 Å². The Morgan fingerprint density at radius 1 is 1.17 bits per heavy atom. The van der Waals surface area contributed by atoms with E-state index in [1.165, 1.54) is 12.1 Å². The van der Waals surface area contributed by atoms with Crippen molar-refractivity contribution in [1.82, 2.24) is 8.75 Å². The zero-order valence-electron chi connectivity index (χ0n) is 12.0. The van der Waals surface area contributed by atoms with Crippen molar-refractivity contribution in [2.24, 2.45) is 0 Å². The molecule has 3 aromatic rings. The molecular weight excluding hydrogens is 373 g/mol. The van der Waals surface area contributed by atoms with Crippen molar-refractivity contribution in [3.05, 3.63) is 52.0 Å². The molecule has 0 aliphatic heterocycles. The van der Waals surface area contributed by atoms with Crippen molar-refractivity contribution in [2.45, 2.75) is 0 Å². The predicted octanol–water partition coefficient (Wildman–Crippen LogP) is 3.79. The summed E-state index contributed by atoms with van der Waals surface area (Å²) in [5, 5.41) is 3.18. The first-order chi connectivity index (χ1) is 11.5. The number of amides is 1. The zero-order chi connectivity index (χ0) is 17.1. The van der Waals surface area contributed by atoms with Crippen LogP contribution in [-0.4, -0.2) is 27.2 Å². The van der Waals surface area contributed by atoms with E-state index < -0.39 is 18.5 Å². The number of nitrogens with zero attached hydrogens (tertiary/aromatic N) is 2. The lowest BCUT2D eigenvalue weighted by Crippen LogP contribution is -2.21. The number of halogens is 2. The second kappa shape index (κ2) is 7.12. The van der Waals surface area contributed by atoms with Crippen LogP contribution in [0.15, 0.2) is 36.4 Å². The topological polar surface area (TPSA) is 81.2 Å². The van der Waals surface area contributed by atoms with Gasteiger partial charge < -0.3 is 10.1 Å². The summed E-state index contributed by atoms with van der Waals surface area (Å²) >= 11 is 12.8. The van der Waals surface area contributed by atoms with Crippen LogP contribution in [0.1, 0.15) is 10.4 Å². The average molecular weight is 382 g/mol. The summed E-state index contributed by atoms with van der Waals surface area (Å²) in [5.74, 6) is -1.23. The lowest BCUT2D eigenvalue weighted by Gasteiger charge is -2.08. The van der Waals surface area contributed by atoms with Crippen LogP contribution in [0, 0.1) is 0 Å². The molecule has 122 valence electrons. The molecule has 0 saturated heterocycles. The number of hydrogen-bond acceptors (Lipinski definition) is 6. The van der Waals surface area contributed by atoms with Gasteiger partial charge in [0.05, 0.1) is 28.0 Å². The van der Waals surface area contributed by atoms with Crippen molar-refractivity contribution in [2.75, 3.05) is 11.9 Å². The fraction of sp³-hybridized carbons (Fsp3) is 0.0667. The second-order valence-corrected chi connectivity index (χ2v) is 6.06. The van der Waals surface area contributed by atoms with Crippen LogP contribution in [0.5, 0.6) is 0 Å². The molecule has 24 heavy (non-hydrogen) atoms. The smallest absolute Gasteiger partial charge is 0.340 e. The number of fused-ring (bicyclic) bond motifs is 1. The minimum Gasteiger partial charge on any atom is -0.452 e. The number of carbonyl (C=O) groups excluding carboxylic acids is 2. The molecule has 0 aliphatic carbocycles. The molecule has 6 nitrogen and oxygen atoms in total. The van der Waals surface area contributed by atoms with Crippen LogP contribution in [0.3, 0.4) is 0 Å². The number of ether oxygens (including phenoxy) is 1. The standard InChI is InChI=1S/C15H9Cl2N3O3S/c16-8-4-5-10(17)9(6-8)15(22)23-7-13(21)18-11-2-1-3-12-14(11)20-24-19-12/h1-6H,7H2,(H,18,21). The maximum absolute atomic E-state index is 12.0. The Labute approximate surface area is 150 Å². The van der Waals surface area contributed by atoms with Gasteiger partial charge in [0.15, 0.2) is 6.61 Å². The summed E-state index contributed by atoms with van der Waals surface area (Å²) < 4.78 is 13.2. The highest BCUT2D eigenvalue weighted by Gasteiger charge is 2.15. The predicted molar refractivity (Wildman–Crippen MR) is 92.8 cm³/mol. The number of anilines is 1. The summed E-state index contributed by atoms with van der Waals surface area (Å²) in [6.45, 7) is -0.463. The number of rotatable bonds is 4. The largest absolute Gasteiger partial charge is 0.452 e. The van der Waals surface area contributed by atoms with E-state index >= 15 is 0 Å². The van der Waals surface area contributed by atoms with E-state index in [1.807, 2.05) is 0 Å². The minimum atomic E-state index is -0.730. The van der Waals surface area contributed by atoms with Gasteiger partial charge in [-0.1, -0.05) is 29.3 Å². The Morgan fingerprint density at radius 2 is 2.00 bits per heavy atom. The summed E-state index contributed by atoms with van der Waals surface area (Å²) in [6, 6.07) is 9.64. The molecule has 0 atom stereocenters. The maximum atomic E-state index is 12.0. The quantitative estimate of drug-likeness (QED) is 0.695. The Hall–Kier alpha value is -2.22. The molecule has 0 spiro atoms. The highest BCUT2D eigenvalue weighted by atomic mass is 35.5. The van der Waals surface area contributed by atoms with Crippen molar-refractivity contribution in [1.29, 1.82) is 0 Å². The monoisotopic (exact) mass is 381 g/mol. The summed E-state index contributed by atoms with van der Waals surface area (Å²) in [6.07, 6.45) is 0. The van der Waals surface area contributed by atoms with Crippen molar-refractivity contribution >= 4 is 63.5 Å². The third kappa shape index (κ3) is 3.64. The lowest BCUT2D eigenvalue weighted by atomic mass is 10.2. The Bertz CT molecular complexity index is 929. The Kier molecular flexibility index (Phi) is 4.94. The molecule has 9 heteroatoms. The third-order valence-corrected chi connectivity index (χ3v) is 4.15. The number of carbonyl (C=O) groups is 2. The number of nitrogens with one attached hydrogen (secondary N) is 1. The van der Waals surface area contributed by atoms with Crippen molar-refractivity contribution in [3.63, 3.8) is 0 Å². The van der Waals surface area contributed by atoms with Crippen LogP contribution in [0.25, 0.3) is 11.0 Å². The summed E-state index contributed by atoms with van der Waals surface area (Å²) in [7, 11) is 0. The molecule has 1 aromatic heterocycles. The van der Waals surface area contributed by atoms with Gasteiger partial charge in [-0.2, -0.15) is 8.75 Å². The number of esters is 1. The van der Waals surface area contributed by atoms with Gasteiger partial charge in [0.25, 0.3) is 5.91 Å². The van der Waals surface area contributed by atoms with Gasteiger partial charge >= 0.3 is 5.97 Å². The van der Waals surface area contributed by atoms with Crippen LogP contribution >= 0.6 is 34.9 Å². The first-order valence-electron chi connectivity index (χ1n) is 6.68. The first kappa shape index (κ1) is 16.6. The lowest BCUT2D eigenvalue weighted by molar-refractivity contribution is -0.119. The molecule has 0 radical (unpaired) electrons. The van der Waals surface area contributed by atoms with E-state index in [1.54, 1.807) is 24.3 Å². The normalized spacial score (nSPS) is 10.6. The van der Waals surface area contributed by atoms with Gasteiger partial charge in [0.2, 0.25) is 0 Å². The zero-order valence-corrected chi connectivity index (χ0v) is 14.3. The molecule has 0 fully saturated rings. The van der Waals surface area contributed by atoms with E-state index in [-0.39, 0.29) is 10.6 Å². The van der Waals surface area contributed by atoms with Crippen molar-refractivity contribution in [3.8, 4) is 0 Å². The molecule has 3 rings (SSSR count). The molecule has 0 aliphatic rings. The van der Waals surface area contributed by atoms with Gasteiger partial charge in [0.1, 0.15) is 11.0 Å². The average Bonchev–Trinajstić information content (AvgIpc) is 3.04. The number of aromatic nitrogens is 2. The molecule has 1 amide bonds. The first-order valence-corrected chi connectivity index (χ1v) is 8.16. The fourth-order valence-corrected chi connectivity index (χ4v) is 2.87. The summed E-state index contributed by atoms with van der Waals surface area (Å²) in [5.41, 5.74) is 1.87. The van der Waals surface area contributed by atoms with Gasteiger partial charge in [-0.25, -0.2) is 4.79 Å². The molecular formula is C15H9Cl2N3O3S. The van der Waals surface area contributed by atoms with E-state index in [0.29, 0.717) is 21.7 Å². The number of benzene rings is 2. The molecule has 0 bridgehead atoms. The van der Waals surface area contributed by atoms with Crippen LogP contribution in [-0.2, 0) is 9.53 Å². The van der Waals surface area contributed by atoms with Crippen LogP contribution in [0.2, 0.25) is 10.0 Å². The van der Waals surface area contributed by atoms with E-state index in [9.17, 15) is 9.59 Å². The minimum absolute atomic E-state index is 0.0998. The molecule has 1 heterocycles. The van der Waals surface area contributed by atoms with E-state index in [2.05, 4.69) is 14.1 Å². The molecule has 0 unspecified atom stereocenters.